The summed E-state index contributed by atoms with van der Waals surface area (Å²) < 4.78 is 0. The van der Waals surface area contributed by atoms with E-state index in [0.717, 1.165) is 24.0 Å². The first kappa shape index (κ1) is 12.8. The van der Waals surface area contributed by atoms with Gasteiger partial charge in [-0.3, -0.25) is 14.4 Å². The number of benzene rings is 1. The van der Waals surface area contributed by atoms with Crippen LogP contribution in [0.4, 0.5) is 5.69 Å². The van der Waals surface area contributed by atoms with Crippen molar-refractivity contribution >= 4 is 23.3 Å². The van der Waals surface area contributed by atoms with Crippen LogP contribution in [0.1, 0.15) is 35.2 Å². The Labute approximate surface area is 116 Å². The second kappa shape index (κ2) is 4.74. The molecule has 5 nitrogen and oxygen atoms in total. The lowest BCUT2D eigenvalue weighted by Crippen LogP contribution is -2.26. The number of hydrogen-bond donors (Lipinski definition) is 1. The van der Waals surface area contributed by atoms with Gasteiger partial charge in [-0.1, -0.05) is 0 Å². The summed E-state index contributed by atoms with van der Waals surface area (Å²) in [5.41, 5.74) is 2.40. The molecule has 0 aromatic heterocycles. The van der Waals surface area contributed by atoms with Crippen molar-refractivity contribution in [1.82, 2.24) is 0 Å². The fourth-order valence-electron chi connectivity index (χ4n) is 2.92. The molecular weight excluding hydrogens is 258 g/mol. The van der Waals surface area contributed by atoms with Crippen LogP contribution in [0.5, 0.6) is 0 Å². The summed E-state index contributed by atoms with van der Waals surface area (Å²) >= 11 is 0. The predicted octanol–water partition coefficient (Wildman–Crippen LogP) is 1.64. The molecule has 104 valence electrons. The summed E-state index contributed by atoms with van der Waals surface area (Å²) in [5, 5.41) is 9.00. The highest BCUT2D eigenvalue weighted by molar-refractivity contribution is 6.01. The van der Waals surface area contributed by atoms with Gasteiger partial charge in [-0.15, -0.1) is 0 Å². The molecule has 1 saturated heterocycles. The van der Waals surface area contributed by atoms with E-state index >= 15 is 0 Å². The van der Waals surface area contributed by atoms with Gasteiger partial charge in [0.15, 0.2) is 5.78 Å². The monoisotopic (exact) mass is 273 g/mol. The molecule has 3 rings (SSSR count). The summed E-state index contributed by atoms with van der Waals surface area (Å²) in [6.07, 6.45) is 2.29. The van der Waals surface area contributed by atoms with Crippen LogP contribution in [-0.4, -0.2) is 29.3 Å². The van der Waals surface area contributed by atoms with Gasteiger partial charge in [-0.25, -0.2) is 0 Å². The fourth-order valence-corrected chi connectivity index (χ4v) is 2.92. The van der Waals surface area contributed by atoms with E-state index in [1.54, 1.807) is 12.1 Å². The molecular formula is C15H15NO4. The molecule has 20 heavy (non-hydrogen) atoms. The average Bonchev–Trinajstić information content (AvgIpc) is 2.81. The Morgan fingerprint density at radius 2 is 2.05 bits per heavy atom. The van der Waals surface area contributed by atoms with Crippen molar-refractivity contribution in [3.8, 4) is 0 Å². The van der Waals surface area contributed by atoms with Gasteiger partial charge in [0.05, 0.1) is 5.92 Å². The Hall–Kier alpha value is -2.17. The lowest BCUT2D eigenvalue weighted by atomic mass is 9.90. The van der Waals surface area contributed by atoms with Crippen molar-refractivity contribution < 1.29 is 19.5 Å². The van der Waals surface area contributed by atoms with Crippen LogP contribution in [-0.2, 0) is 16.0 Å². The molecule has 1 aliphatic carbocycles. The number of aryl methyl sites for hydroxylation is 1. The molecule has 1 heterocycles. The Morgan fingerprint density at radius 3 is 2.75 bits per heavy atom. The van der Waals surface area contributed by atoms with Gasteiger partial charge in [-0.05, 0) is 36.6 Å². The molecule has 1 N–H and O–H groups in total. The SMILES string of the molecule is O=C1CCCc2cc(N3CC(C(=O)O)CC3=O)ccc21. The van der Waals surface area contributed by atoms with Crippen molar-refractivity contribution in [2.45, 2.75) is 25.7 Å². The summed E-state index contributed by atoms with van der Waals surface area (Å²) in [7, 11) is 0. The van der Waals surface area contributed by atoms with Crippen LogP contribution in [0, 0.1) is 5.92 Å². The highest BCUT2D eigenvalue weighted by Crippen LogP contribution is 2.30. The molecule has 2 aliphatic rings. The lowest BCUT2D eigenvalue weighted by molar-refractivity contribution is -0.141. The van der Waals surface area contributed by atoms with E-state index in [1.165, 1.54) is 4.90 Å². The highest BCUT2D eigenvalue weighted by Gasteiger charge is 2.35. The van der Waals surface area contributed by atoms with E-state index in [-0.39, 0.29) is 24.7 Å². The van der Waals surface area contributed by atoms with Gasteiger partial charge in [0, 0.05) is 30.6 Å². The van der Waals surface area contributed by atoms with Gasteiger partial charge in [-0.2, -0.15) is 0 Å². The molecule has 0 bridgehead atoms. The molecule has 5 heteroatoms. The van der Waals surface area contributed by atoms with E-state index in [4.69, 9.17) is 5.11 Å². The number of amides is 1. The number of hydrogen-bond acceptors (Lipinski definition) is 3. The predicted molar refractivity (Wildman–Crippen MR) is 71.8 cm³/mol. The molecule has 1 aliphatic heterocycles. The summed E-state index contributed by atoms with van der Waals surface area (Å²) in [6.45, 7) is 0.209. The number of carboxylic acid groups (broad SMARTS) is 1. The van der Waals surface area contributed by atoms with Crippen LogP contribution < -0.4 is 4.90 Å². The zero-order valence-electron chi connectivity index (χ0n) is 11.0. The number of carboxylic acids is 1. The molecule has 1 unspecified atom stereocenters. The van der Waals surface area contributed by atoms with Crippen molar-refractivity contribution in [3.63, 3.8) is 0 Å². The van der Waals surface area contributed by atoms with E-state index in [0.29, 0.717) is 12.1 Å². The third-order valence-corrected chi connectivity index (χ3v) is 4.03. The van der Waals surface area contributed by atoms with Crippen LogP contribution in [0.3, 0.4) is 0 Å². The standard InChI is InChI=1S/C15H15NO4/c17-13-3-1-2-9-6-11(4-5-12(9)13)16-8-10(15(19)20)7-14(16)18/h4-6,10H,1-3,7-8H2,(H,19,20). The van der Waals surface area contributed by atoms with Crippen LogP contribution in [0.25, 0.3) is 0 Å². The van der Waals surface area contributed by atoms with E-state index in [9.17, 15) is 14.4 Å². The average molecular weight is 273 g/mol. The van der Waals surface area contributed by atoms with Crippen LogP contribution >= 0.6 is 0 Å². The number of fused-ring (bicyclic) bond motifs is 1. The van der Waals surface area contributed by atoms with Crippen molar-refractivity contribution in [2.24, 2.45) is 5.92 Å². The normalized spacial score (nSPS) is 22.0. The number of Topliss-reactive ketones (excluding diaryl/α,β-unsaturated/α-hetero) is 1. The van der Waals surface area contributed by atoms with Crippen LogP contribution in [0.2, 0.25) is 0 Å². The van der Waals surface area contributed by atoms with Gasteiger partial charge in [0.25, 0.3) is 0 Å². The topological polar surface area (TPSA) is 74.7 Å². The molecule has 0 radical (unpaired) electrons. The first-order valence-corrected chi connectivity index (χ1v) is 6.75. The fraction of sp³-hybridized carbons (Fsp3) is 0.400. The largest absolute Gasteiger partial charge is 0.481 e. The number of carbonyl (C=O) groups is 3. The minimum absolute atomic E-state index is 0.0470. The minimum Gasteiger partial charge on any atom is -0.481 e. The molecule has 1 aromatic carbocycles. The number of aliphatic carboxylic acids is 1. The van der Waals surface area contributed by atoms with Gasteiger partial charge < -0.3 is 10.0 Å². The van der Waals surface area contributed by atoms with Gasteiger partial charge in [0.2, 0.25) is 5.91 Å². The number of anilines is 1. The van der Waals surface area contributed by atoms with E-state index < -0.39 is 11.9 Å². The number of ketones is 1. The minimum atomic E-state index is -0.936. The van der Waals surface area contributed by atoms with Gasteiger partial charge in [0.1, 0.15) is 0 Å². The second-order valence-corrected chi connectivity index (χ2v) is 5.36. The third kappa shape index (κ3) is 2.09. The van der Waals surface area contributed by atoms with Gasteiger partial charge >= 0.3 is 5.97 Å². The first-order valence-electron chi connectivity index (χ1n) is 6.75. The maximum Gasteiger partial charge on any atom is 0.308 e. The maximum absolute atomic E-state index is 11.9. The summed E-state index contributed by atoms with van der Waals surface area (Å²) in [6, 6.07) is 5.35. The highest BCUT2D eigenvalue weighted by atomic mass is 16.4. The van der Waals surface area contributed by atoms with E-state index in [1.807, 2.05) is 6.07 Å². The lowest BCUT2D eigenvalue weighted by Gasteiger charge is -2.20. The first-order chi connectivity index (χ1) is 9.56. The second-order valence-electron chi connectivity index (χ2n) is 5.36. The van der Waals surface area contributed by atoms with Crippen molar-refractivity contribution in [3.05, 3.63) is 29.3 Å². The zero-order valence-corrected chi connectivity index (χ0v) is 11.0. The Balaban J connectivity index is 1.90. The van der Waals surface area contributed by atoms with Crippen molar-refractivity contribution in [1.29, 1.82) is 0 Å². The number of rotatable bonds is 2. The van der Waals surface area contributed by atoms with E-state index in [2.05, 4.69) is 0 Å². The Morgan fingerprint density at radius 1 is 1.25 bits per heavy atom. The molecule has 1 atom stereocenters. The molecule has 0 saturated carbocycles. The molecule has 1 fully saturated rings. The Kier molecular flexibility index (Phi) is 3.04. The summed E-state index contributed by atoms with van der Waals surface area (Å²) in [5.74, 6) is -1.59. The third-order valence-electron chi connectivity index (χ3n) is 4.03. The number of carbonyl (C=O) groups excluding carboxylic acids is 2. The number of nitrogens with zero attached hydrogens (tertiary/aromatic N) is 1. The molecule has 1 aromatic rings. The maximum atomic E-state index is 11.9. The smallest absolute Gasteiger partial charge is 0.308 e. The van der Waals surface area contributed by atoms with Crippen LogP contribution in [0.15, 0.2) is 18.2 Å². The zero-order chi connectivity index (χ0) is 14.3. The van der Waals surface area contributed by atoms with Crippen molar-refractivity contribution in [2.75, 3.05) is 11.4 Å². The summed E-state index contributed by atoms with van der Waals surface area (Å²) in [4.78, 5) is 36.2. The Bertz CT molecular complexity index is 608. The molecule has 1 amide bonds. The quantitative estimate of drug-likeness (QED) is 0.889. The molecule has 0 spiro atoms.